The topological polar surface area (TPSA) is 73.6 Å². The summed E-state index contributed by atoms with van der Waals surface area (Å²) in [5, 5.41) is 12.6. The Morgan fingerprint density at radius 3 is 3.00 bits per heavy atom. The Morgan fingerprint density at radius 2 is 2.32 bits per heavy atom. The maximum absolute atomic E-state index is 12.0. The van der Waals surface area contributed by atoms with Crippen LogP contribution in [0.1, 0.15) is 16.8 Å². The minimum Gasteiger partial charge on any atom is -0.351 e. The van der Waals surface area contributed by atoms with Gasteiger partial charge >= 0.3 is 0 Å². The van der Waals surface area contributed by atoms with Gasteiger partial charge in [-0.25, -0.2) is 0 Å². The standard InChI is InChI=1S/C14H14N4O/c1-18-6-2-3-12(18)13-9(7-15)14(19)17-11-4-5-16-8-10(11)13/h2-3,6,16H,4-5,8H2,1H3,(H,17,19). The number of nitrogens with zero attached hydrogens (tertiary/aromatic N) is 2. The van der Waals surface area contributed by atoms with Crippen LogP contribution in [0, 0.1) is 11.3 Å². The Hall–Kier alpha value is -2.32. The van der Waals surface area contributed by atoms with Gasteiger partial charge in [0, 0.05) is 49.7 Å². The lowest BCUT2D eigenvalue weighted by Crippen LogP contribution is -2.29. The molecule has 2 aromatic rings. The minimum absolute atomic E-state index is 0.198. The number of aromatic nitrogens is 2. The van der Waals surface area contributed by atoms with Gasteiger partial charge in [-0.05, 0) is 17.7 Å². The molecule has 19 heavy (non-hydrogen) atoms. The highest BCUT2D eigenvalue weighted by molar-refractivity contribution is 5.72. The zero-order valence-corrected chi connectivity index (χ0v) is 10.7. The molecule has 0 aromatic carbocycles. The number of H-pyrrole nitrogens is 1. The first-order valence-corrected chi connectivity index (χ1v) is 6.23. The van der Waals surface area contributed by atoms with E-state index in [1.807, 2.05) is 36.0 Å². The van der Waals surface area contributed by atoms with Crippen molar-refractivity contribution in [1.29, 1.82) is 5.26 Å². The van der Waals surface area contributed by atoms with E-state index in [1.165, 1.54) is 0 Å². The van der Waals surface area contributed by atoms with Gasteiger partial charge in [-0.15, -0.1) is 0 Å². The van der Waals surface area contributed by atoms with Gasteiger partial charge in [0.25, 0.3) is 5.56 Å². The number of pyridine rings is 1. The van der Waals surface area contributed by atoms with E-state index in [4.69, 9.17) is 0 Å². The predicted molar refractivity (Wildman–Crippen MR) is 71.6 cm³/mol. The first-order valence-electron chi connectivity index (χ1n) is 6.23. The molecule has 0 unspecified atom stereocenters. The lowest BCUT2D eigenvalue weighted by atomic mass is 9.95. The second-order valence-corrected chi connectivity index (χ2v) is 4.70. The SMILES string of the molecule is Cn1cccc1-c1c2c([nH]c(=O)c1C#N)CCNC2. The molecule has 1 aliphatic rings. The van der Waals surface area contributed by atoms with Gasteiger partial charge in [-0.3, -0.25) is 4.79 Å². The number of aromatic amines is 1. The van der Waals surface area contributed by atoms with E-state index in [9.17, 15) is 10.1 Å². The summed E-state index contributed by atoms with van der Waals surface area (Å²) in [5.41, 5.74) is 3.55. The van der Waals surface area contributed by atoms with E-state index >= 15 is 0 Å². The third kappa shape index (κ3) is 1.77. The van der Waals surface area contributed by atoms with Crippen molar-refractivity contribution in [3.63, 3.8) is 0 Å². The quantitative estimate of drug-likeness (QED) is 0.794. The highest BCUT2D eigenvalue weighted by Crippen LogP contribution is 2.28. The summed E-state index contributed by atoms with van der Waals surface area (Å²) in [6.45, 7) is 1.53. The van der Waals surface area contributed by atoms with E-state index in [0.717, 1.165) is 35.5 Å². The van der Waals surface area contributed by atoms with Crippen molar-refractivity contribution in [1.82, 2.24) is 14.9 Å². The van der Waals surface area contributed by atoms with Gasteiger partial charge in [-0.2, -0.15) is 5.26 Å². The van der Waals surface area contributed by atoms with Gasteiger partial charge in [-0.1, -0.05) is 0 Å². The van der Waals surface area contributed by atoms with Gasteiger partial charge in [0.15, 0.2) is 0 Å². The number of rotatable bonds is 1. The normalized spacial score (nSPS) is 13.9. The van der Waals surface area contributed by atoms with Crippen LogP contribution in [0.25, 0.3) is 11.3 Å². The zero-order valence-electron chi connectivity index (χ0n) is 10.7. The molecule has 0 bridgehead atoms. The van der Waals surface area contributed by atoms with Crippen LogP contribution in [0.15, 0.2) is 23.1 Å². The Morgan fingerprint density at radius 1 is 1.47 bits per heavy atom. The summed E-state index contributed by atoms with van der Waals surface area (Å²) < 4.78 is 1.94. The molecule has 1 aliphatic heterocycles. The predicted octanol–water partition coefficient (Wildman–Crippen LogP) is 0.898. The van der Waals surface area contributed by atoms with Crippen molar-refractivity contribution < 1.29 is 0 Å². The van der Waals surface area contributed by atoms with Crippen LogP contribution in [0.5, 0.6) is 0 Å². The largest absolute Gasteiger partial charge is 0.351 e. The van der Waals surface area contributed by atoms with Crippen LogP contribution in [0.2, 0.25) is 0 Å². The number of fused-ring (bicyclic) bond motifs is 1. The Bertz CT molecular complexity index is 733. The lowest BCUT2D eigenvalue weighted by molar-refractivity contribution is 0.628. The molecule has 0 amide bonds. The van der Waals surface area contributed by atoms with E-state index in [-0.39, 0.29) is 11.1 Å². The number of nitrogens with one attached hydrogen (secondary N) is 2. The molecular weight excluding hydrogens is 240 g/mol. The van der Waals surface area contributed by atoms with Gasteiger partial charge in [0.05, 0.1) is 0 Å². The number of hydrogen-bond donors (Lipinski definition) is 2. The van der Waals surface area contributed by atoms with Crippen molar-refractivity contribution in [2.75, 3.05) is 6.54 Å². The second-order valence-electron chi connectivity index (χ2n) is 4.70. The highest BCUT2D eigenvalue weighted by atomic mass is 16.1. The molecule has 5 heteroatoms. The summed E-state index contributed by atoms with van der Waals surface area (Å²) in [6.07, 6.45) is 2.70. The number of aryl methyl sites for hydroxylation is 1. The highest BCUT2D eigenvalue weighted by Gasteiger charge is 2.22. The molecule has 0 fully saturated rings. The molecule has 3 rings (SSSR count). The monoisotopic (exact) mass is 254 g/mol. The van der Waals surface area contributed by atoms with Crippen molar-refractivity contribution in [3.05, 3.63) is 45.5 Å². The molecule has 0 saturated heterocycles. The maximum atomic E-state index is 12.0. The van der Waals surface area contributed by atoms with E-state index in [1.54, 1.807) is 0 Å². The molecule has 0 aliphatic carbocycles. The fraction of sp³-hybridized carbons (Fsp3) is 0.286. The van der Waals surface area contributed by atoms with E-state index in [0.29, 0.717) is 6.54 Å². The molecule has 0 saturated carbocycles. The van der Waals surface area contributed by atoms with E-state index in [2.05, 4.69) is 10.3 Å². The van der Waals surface area contributed by atoms with Gasteiger partial charge < -0.3 is 14.9 Å². The van der Waals surface area contributed by atoms with Crippen LogP contribution < -0.4 is 10.9 Å². The molecule has 2 N–H and O–H groups in total. The molecule has 3 heterocycles. The Labute approximate surface area is 110 Å². The summed E-state index contributed by atoms with van der Waals surface area (Å²) in [5.74, 6) is 0. The fourth-order valence-corrected chi connectivity index (χ4v) is 2.64. The summed E-state index contributed by atoms with van der Waals surface area (Å²) >= 11 is 0. The average Bonchev–Trinajstić information content (AvgIpc) is 2.83. The van der Waals surface area contributed by atoms with Crippen molar-refractivity contribution in [2.45, 2.75) is 13.0 Å². The van der Waals surface area contributed by atoms with Crippen LogP contribution in [0.3, 0.4) is 0 Å². The van der Waals surface area contributed by atoms with Crippen LogP contribution in [0.4, 0.5) is 0 Å². The first-order chi connectivity index (χ1) is 9.22. The van der Waals surface area contributed by atoms with Crippen LogP contribution in [-0.2, 0) is 20.0 Å². The van der Waals surface area contributed by atoms with Gasteiger partial charge in [0.2, 0.25) is 0 Å². The lowest BCUT2D eigenvalue weighted by Gasteiger charge is -2.21. The van der Waals surface area contributed by atoms with Crippen molar-refractivity contribution in [3.8, 4) is 17.3 Å². The molecule has 0 spiro atoms. The number of nitriles is 1. The first kappa shape index (κ1) is 11.8. The summed E-state index contributed by atoms with van der Waals surface area (Å²) in [6, 6.07) is 5.90. The summed E-state index contributed by atoms with van der Waals surface area (Å²) in [4.78, 5) is 14.9. The Kier molecular flexibility index (Phi) is 2.73. The van der Waals surface area contributed by atoms with E-state index < -0.39 is 0 Å². The van der Waals surface area contributed by atoms with Crippen molar-refractivity contribution in [2.24, 2.45) is 7.05 Å². The smallest absolute Gasteiger partial charge is 0.266 e. The maximum Gasteiger partial charge on any atom is 0.266 e. The third-order valence-corrected chi connectivity index (χ3v) is 3.57. The molecule has 5 nitrogen and oxygen atoms in total. The molecule has 0 radical (unpaired) electrons. The number of hydrogen-bond acceptors (Lipinski definition) is 3. The van der Waals surface area contributed by atoms with Gasteiger partial charge in [0.1, 0.15) is 11.6 Å². The van der Waals surface area contributed by atoms with Crippen LogP contribution in [-0.4, -0.2) is 16.1 Å². The van der Waals surface area contributed by atoms with Crippen molar-refractivity contribution >= 4 is 0 Å². The zero-order chi connectivity index (χ0) is 13.4. The minimum atomic E-state index is -0.292. The van der Waals surface area contributed by atoms with Crippen LogP contribution >= 0.6 is 0 Å². The fourth-order valence-electron chi connectivity index (χ4n) is 2.64. The molecule has 96 valence electrons. The molecule has 0 atom stereocenters. The average molecular weight is 254 g/mol. The second kappa shape index (κ2) is 4.41. The summed E-state index contributed by atoms with van der Waals surface area (Å²) in [7, 11) is 1.92. The third-order valence-electron chi connectivity index (χ3n) is 3.57. The Balaban J connectivity index is 2.39. The molecular formula is C14H14N4O. The molecule has 2 aromatic heterocycles.